The Morgan fingerprint density at radius 3 is 2.84 bits per heavy atom. The van der Waals surface area contributed by atoms with Crippen molar-refractivity contribution in [2.45, 2.75) is 6.54 Å². The molecule has 1 aliphatic heterocycles. The Morgan fingerprint density at radius 2 is 2.12 bits per heavy atom. The molecule has 0 aliphatic carbocycles. The number of morpholine rings is 1. The van der Waals surface area contributed by atoms with Gasteiger partial charge in [0.15, 0.2) is 11.5 Å². The average Bonchev–Trinajstić information content (AvgIpc) is 2.67. The zero-order valence-corrected chi connectivity index (χ0v) is 14.1. The fourth-order valence-corrected chi connectivity index (χ4v) is 2.65. The fourth-order valence-electron chi connectivity index (χ4n) is 2.65. The normalized spacial score (nSPS) is 14.2. The number of nitrogens with zero attached hydrogens (tertiary/aromatic N) is 2. The van der Waals surface area contributed by atoms with Crippen molar-refractivity contribution in [2.75, 3.05) is 38.3 Å². The maximum atomic E-state index is 12.4. The predicted molar refractivity (Wildman–Crippen MR) is 93.1 cm³/mol. The Bertz CT molecular complexity index is 745. The van der Waals surface area contributed by atoms with Crippen LogP contribution in [0.5, 0.6) is 11.5 Å². The zero-order chi connectivity index (χ0) is 17.6. The molecule has 132 valence electrons. The second-order valence-corrected chi connectivity index (χ2v) is 5.69. The highest BCUT2D eigenvalue weighted by molar-refractivity contribution is 5.94. The number of methoxy groups -OCH3 is 1. The van der Waals surface area contributed by atoms with Crippen molar-refractivity contribution < 1.29 is 19.4 Å². The van der Waals surface area contributed by atoms with Crippen LogP contribution in [0, 0.1) is 0 Å². The predicted octanol–water partition coefficient (Wildman–Crippen LogP) is 1.56. The first-order valence-corrected chi connectivity index (χ1v) is 8.10. The number of benzene rings is 1. The summed E-state index contributed by atoms with van der Waals surface area (Å²) < 4.78 is 10.3. The van der Waals surface area contributed by atoms with Crippen LogP contribution in [-0.4, -0.2) is 49.4 Å². The van der Waals surface area contributed by atoms with E-state index in [9.17, 15) is 9.90 Å². The second kappa shape index (κ2) is 7.85. The Kier molecular flexibility index (Phi) is 5.35. The van der Waals surface area contributed by atoms with Gasteiger partial charge in [-0.25, -0.2) is 4.98 Å². The molecule has 1 fully saturated rings. The Labute approximate surface area is 146 Å². The van der Waals surface area contributed by atoms with E-state index in [4.69, 9.17) is 9.47 Å². The van der Waals surface area contributed by atoms with Crippen molar-refractivity contribution in [1.29, 1.82) is 0 Å². The van der Waals surface area contributed by atoms with E-state index < -0.39 is 0 Å². The fraction of sp³-hybridized carbons (Fsp3) is 0.333. The van der Waals surface area contributed by atoms with Gasteiger partial charge in [0.1, 0.15) is 5.82 Å². The summed E-state index contributed by atoms with van der Waals surface area (Å²) in [6, 6.07) is 8.51. The molecule has 0 unspecified atom stereocenters. The number of hydrogen-bond donors (Lipinski definition) is 2. The molecule has 25 heavy (non-hydrogen) atoms. The van der Waals surface area contributed by atoms with Crippen LogP contribution in [0.2, 0.25) is 0 Å². The monoisotopic (exact) mass is 343 g/mol. The number of pyridine rings is 1. The standard InChI is InChI=1S/C18H21N3O4/c1-24-16-3-2-13(10-15(16)22)12-20-18(23)14-4-5-19-17(11-14)21-6-8-25-9-7-21/h2-5,10-11,22H,6-9,12H2,1H3,(H,20,23). The zero-order valence-electron chi connectivity index (χ0n) is 14.1. The largest absolute Gasteiger partial charge is 0.504 e. The molecule has 1 aromatic heterocycles. The van der Waals surface area contributed by atoms with Crippen LogP contribution in [0.4, 0.5) is 5.82 Å². The first-order chi connectivity index (χ1) is 12.2. The number of amides is 1. The van der Waals surface area contributed by atoms with E-state index in [2.05, 4.69) is 15.2 Å². The van der Waals surface area contributed by atoms with E-state index in [-0.39, 0.29) is 11.7 Å². The molecule has 0 bridgehead atoms. The van der Waals surface area contributed by atoms with Crippen LogP contribution >= 0.6 is 0 Å². The Balaban J connectivity index is 1.64. The van der Waals surface area contributed by atoms with E-state index in [0.29, 0.717) is 31.1 Å². The Morgan fingerprint density at radius 1 is 1.32 bits per heavy atom. The molecule has 1 saturated heterocycles. The molecule has 1 amide bonds. The van der Waals surface area contributed by atoms with E-state index in [0.717, 1.165) is 24.5 Å². The molecular weight excluding hydrogens is 322 g/mol. The third-order valence-electron chi connectivity index (χ3n) is 4.04. The number of aromatic nitrogens is 1. The van der Waals surface area contributed by atoms with Gasteiger partial charge in [0, 0.05) is 31.4 Å². The van der Waals surface area contributed by atoms with Crippen molar-refractivity contribution >= 4 is 11.7 Å². The summed E-state index contributed by atoms with van der Waals surface area (Å²) >= 11 is 0. The number of ether oxygens (including phenoxy) is 2. The highest BCUT2D eigenvalue weighted by atomic mass is 16.5. The molecule has 0 spiro atoms. The number of aromatic hydroxyl groups is 1. The van der Waals surface area contributed by atoms with E-state index in [1.54, 1.807) is 36.5 Å². The van der Waals surface area contributed by atoms with Crippen molar-refractivity contribution in [2.24, 2.45) is 0 Å². The molecule has 1 aliphatic rings. The van der Waals surface area contributed by atoms with Crippen LogP contribution in [0.15, 0.2) is 36.5 Å². The van der Waals surface area contributed by atoms with Gasteiger partial charge in [-0.15, -0.1) is 0 Å². The lowest BCUT2D eigenvalue weighted by atomic mass is 10.2. The summed E-state index contributed by atoms with van der Waals surface area (Å²) in [6.07, 6.45) is 1.64. The van der Waals surface area contributed by atoms with Gasteiger partial charge in [-0.1, -0.05) is 6.07 Å². The molecular formula is C18H21N3O4. The summed E-state index contributed by atoms with van der Waals surface area (Å²) in [5.41, 5.74) is 1.34. The molecule has 2 aromatic rings. The van der Waals surface area contributed by atoms with Gasteiger partial charge in [-0.2, -0.15) is 0 Å². The number of phenolic OH excluding ortho intramolecular Hbond substituents is 1. The van der Waals surface area contributed by atoms with Gasteiger partial charge < -0.3 is 24.8 Å². The summed E-state index contributed by atoms with van der Waals surface area (Å²) in [4.78, 5) is 18.8. The van der Waals surface area contributed by atoms with E-state index in [1.165, 1.54) is 7.11 Å². The first kappa shape index (κ1) is 17.0. The number of nitrogens with one attached hydrogen (secondary N) is 1. The van der Waals surface area contributed by atoms with Crippen LogP contribution in [0.3, 0.4) is 0 Å². The van der Waals surface area contributed by atoms with Crippen LogP contribution in [0.1, 0.15) is 15.9 Å². The average molecular weight is 343 g/mol. The highest BCUT2D eigenvalue weighted by Gasteiger charge is 2.14. The van der Waals surface area contributed by atoms with Crippen LogP contribution < -0.4 is 15.0 Å². The van der Waals surface area contributed by atoms with Gasteiger partial charge >= 0.3 is 0 Å². The molecule has 0 saturated carbocycles. The minimum atomic E-state index is -0.188. The van der Waals surface area contributed by atoms with Gasteiger partial charge in [-0.3, -0.25) is 4.79 Å². The van der Waals surface area contributed by atoms with Crippen LogP contribution in [-0.2, 0) is 11.3 Å². The molecule has 2 heterocycles. The molecule has 0 radical (unpaired) electrons. The third-order valence-corrected chi connectivity index (χ3v) is 4.04. The second-order valence-electron chi connectivity index (χ2n) is 5.69. The summed E-state index contributed by atoms with van der Waals surface area (Å²) in [7, 11) is 1.49. The number of carbonyl (C=O) groups excluding carboxylic acids is 1. The maximum absolute atomic E-state index is 12.4. The van der Waals surface area contributed by atoms with Gasteiger partial charge in [0.25, 0.3) is 5.91 Å². The topological polar surface area (TPSA) is 83.9 Å². The molecule has 0 atom stereocenters. The van der Waals surface area contributed by atoms with E-state index in [1.807, 2.05) is 0 Å². The minimum absolute atomic E-state index is 0.0489. The molecule has 7 heteroatoms. The van der Waals surface area contributed by atoms with Gasteiger partial charge in [0.05, 0.1) is 20.3 Å². The SMILES string of the molecule is COc1ccc(CNC(=O)c2ccnc(N3CCOCC3)c2)cc1O. The smallest absolute Gasteiger partial charge is 0.251 e. The van der Waals surface area contributed by atoms with Crippen molar-refractivity contribution in [3.05, 3.63) is 47.7 Å². The Hall–Kier alpha value is -2.80. The number of anilines is 1. The molecule has 1 aromatic carbocycles. The van der Waals surface area contributed by atoms with Gasteiger partial charge in [-0.05, 0) is 29.8 Å². The lowest BCUT2D eigenvalue weighted by molar-refractivity contribution is 0.0950. The minimum Gasteiger partial charge on any atom is -0.504 e. The number of phenols is 1. The van der Waals surface area contributed by atoms with Crippen molar-refractivity contribution in [3.63, 3.8) is 0 Å². The molecule has 2 N–H and O–H groups in total. The third kappa shape index (κ3) is 4.19. The lowest BCUT2D eigenvalue weighted by Gasteiger charge is -2.27. The number of rotatable bonds is 5. The molecule has 3 rings (SSSR count). The number of carbonyl (C=O) groups is 1. The number of hydrogen-bond acceptors (Lipinski definition) is 6. The highest BCUT2D eigenvalue weighted by Crippen LogP contribution is 2.26. The van der Waals surface area contributed by atoms with Gasteiger partial charge in [0.2, 0.25) is 0 Å². The summed E-state index contributed by atoms with van der Waals surface area (Å²) in [5.74, 6) is 1.04. The maximum Gasteiger partial charge on any atom is 0.251 e. The molecule has 7 nitrogen and oxygen atoms in total. The first-order valence-electron chi connectivity index (χ1n) is 8.10. The lowest BCUT2D eigenvalue weighted by Crippen LogP contribution is -2.37. The van der Waals surface area contributed by atoms with Crippen molar-refractivity contribution in [1.82, 2.24) is 10.3 Å². The summed E-state index contributed by atoms with van der Waals surface area (Å²) in [6.45, 7) is 3.18. The quantitative estimate of drug-likeness (QED) is 0.857. The van der Waals surface area contributed by atoms with Crippen LogP contribution in [0.25, 0.3) is 0 Å². The van der Waals surface area contributed by atoms with E-state index >= 15 is 0 Å². The van der Waals surface area contributed by atoms with Crippen molar-refractivity contribution in [3.8, 4) is 11.5 Å². The summed E-state index contributed by atoms with van der Waals surface area (Å²) in [5, 5.41) is 12.6.